The lowest BCUT2D eigenvalue weighted by molar-refractivity contribution is -0.0586. The molecule has 15 heavy (non-hydrogen) atoms. The fourth-order valence-corrected chi connectivity index (χ4v) is 1.28. The van der Waals surface area contributed by atoms with Crippen LogP contribution in [0.15, 0.2) is 24.3 Å². The fraction of sp³-hybridized carbons (Fsp3) is 0.364. The molecule has 0 saturated heterocycles. The SMILES string of the molecule is CCCCN(O)C(=O)c1ccc(Cl)cc1. The van der Waals surface area contributed by atoms with E-state index in [4.69, 9.17) is 11.6 Å². The van der Waals surface area contributed by atoms with Gasteiger partial charge in [0.25, 0.3) is 5.91 Å². The van der Waals surface area contributed by atoms with E-state index in [-0.39, 0.29) is 5.91 Å². The second-order valence-electron chi connectivity index (χ2n) is 3.29. The van der Waals surface area contributed by atoms with E-state index in [1.165, 1.54) is 0 Å². The van der Waals surface area contributed by atoms with Gasteiger partial charge in [-0.2, -0.15) is 0 Å². The predicted octanol–water partition coefficient (Wildman–Crippen LogP) is 2.97. The molecule has 0 aliphatic rings. The van der Waals surface area contributed by atoms with Crippen molar-refractivity contribution in [1.29, 1.82) is 0 Å². The van der Waals surface area contributed by atoms with Crippen molar-refractivity contribution < 1.29 is 10.0 Å². The van der Waals surface area contributed by atoms with Crippen LogP contribution >= 0.6 is 11.6 Å². The molecule has 0 saturated carbocycles. The van der Waals surface area contributed by atoms with Crippen molar-refractivity contribution >= 4 is 17.5 Å². The van der Waals surface area contributed by atoms with Gasteiger partial charge in [-0.15, -0.1) is 0 Å². The van der Waals surface area contributed by atoms with Gasteiger partial charge in [-0.05, 0) is 30.7 Å². The van der Waals surface area contributed by atoms with Gasteiger partial charge in [-0.3, -0.25) is 10.0 Å². The van der Waals surface area contributed by atoms with E-state index in [1.54, 1.807) is 24.3 Å². The number of rotatable bonds is 4. The maximum Gasteiger partial charge on any atom is 0.277 e. The molecule has 0 spiro atoms. The van der Waals surface area contributed by atoms with Crippen molar-refractivity contribution in [2.75, 3.05) is 6.54 Å². The highest BCUT2D eigenvalue weighted by atomic mass is 35.5. The first-order valence-electron chi connectivity index (χ1n) is 4.91. The van der Waals surface area contributed by atoms with Crippen molar-refractivity contribution in [1.82, 2.24) is 5.06 Å². The zero-order valence-corrected chi connectivity index (χ0v) is 9.37. The van der Waals surface area contributed by atoms with Gasteiger partial charge < -0.3 is 0 Å². The first kappa shape index (κ1) is 12.0. The van der Waals surface area contributed by atoms with E-state index in [9.17, 15) is 10.0 Å². The minimum atomic E-state index is -0.389. The topological polar surface area (TPSA) is 40.5 Å². The van der Waals surface area contributed by atoms with Gasteiger partial charge >= 0.3 is 0 Å². The summed E-state index contributed by atoms with van der Waals surface area (Å²) in [4.78, 5) is 11.6. The largest absolute Gasteiger partial charge is 0.286 e. The average molecular weight is 228 g/mol. The van der Waals surface area contributed by atoms with Gasteiger partial charge in [-0.25, -0.2) is 5.06 Å². The number of amides is 1. The number of carbonyl (C=O) groups is 1. The molecule has 0 heterocycles. The molecule has 0 atom stereocenters. The smallest absolute Gasteiger partial charge is 0.277 e. The number of hydroxylamine groups is 2. The Hall–Kier alpha value is -1.06. The third-order valence-electron chi connectivity index (χ3n) is 2.05. The third-order valence-corrected chi connectivity index (χ3v) is 2.30. The van der Waals surface area contributed by atoms with E-state index in [0.29, 0.717) is 17.1 Å². The zero-order chi connectivity index (χ0) is 11.3. The lowest BCUT2D eigenvalue weighted by Crippen LogP contribution is -2.28. The molecule has 1 N–H and O–H groups in total. The van der Waals surface area contributed by atoms with Crippen LogP contribution in [0.3, 0.4) is 0 Å². The summed E-state index contributed by atoms with van der Waals surface area (Å²) < 4.78 is 0. The summed E-state index contributed by atoms with van der Waals surface area (Å²) in [6, 6.07) is 6.45. The van der Waals surface area contributed by atoms with E-state index in [0.717, 1.165) is 17.9 Å². The van der Waals surface area contributed by atoms with Gasteiger partial charge in [0.1, 0.15) is 0 Å². The molecular weight excluding hydrogens is 214 g/mol. The third kappa shape index (κ3) is 3.53. The maximum absolute atomic E-state index is 11.6. The standard InChI is InChI=1S/C11H14ClNO2/c1-2-3-8-13(15)11(14)9-4-6-10(12)7-5-9/h4-7,15H,2-3,8H2,1H3. The molecule has 1 aromatic rings. The highest BCUT2D eigenvalue weighted by Crippen LogP contribution is 2.11. The van der Waals surface area contributed by atoms with E-state index >= 15 is 0 Å². The van der Waals surface area contributed by atoms with Crippen LogP contribution in [-0.4, -0.2) is 22.7 Å². The second-order valence-corrected chi connectivity index (χ2v) is 3.73. The molecule has 1 rings (SSSR count). The molecule has 0 aliphatic carbocycles. The van der Waals surface area contributed by atoms with Crippen molar-refractivity contribution in [3.05, 3.63) is 34.9 Å². The number of unbranched alkanes of at least 4 members (excludes halogenated alkanes) is 1. The number of nitrogens with zero attached hydrogens (tertiary/aromatic N) is 1. The predicted molar refractivity (Wildman–Crippen MR) is 59.2 cm³/mol. The number of halogens is 1. The van der Waals surface area contributed by atoms with Crippen LogP contribution in [0.25, 0.3) is 0 Å². The number of hydrogen-bond donors (Lipinski definition) is 1. The van der Waals surface area contributed by atoms with Crippen LogP contribution in [0, 0.1) is 0 Å². The van der Waals surface area contributed by atoms with Gasteiger partial charge in [0, 0.05) is 17.1 Å². The summed E-state index contributed by atoms with van der Waals surface area (Å²) in [5, 5.41) is 10.7. The molecule has 0 fully saturated rings. The van der Waals surface area contributed by atoms with Crippen LogP contribution in [0.5, 0.6) is 0 Å². The molecule has 4 heteroatoms. The minimum Gasteiger partial charge on any atom is -0.286 e. The van der Waals surface area contributed by atoms with Gasteiger partial charge in [0.15, 0.2) is 0 Å². The summed E-state index contributed by atoms with van der Waals surface area (Å²) in [6.45, 7) is 2.36. The minimum absolute atomic E-state index is 0.359. The van der Waals surface area contributed by atoms with Gasteiger partial charge in [0.2, 0.25) is 0 Å². The first-order chi connectivity index (χ1) is 7.15. The van der Waals surface area contributed by atoms with Crippen LogP contribution < -0.4 is 0 Å². The number of carbonyl (C=O) groups excluding carboxylic acids is 1. The Bertz CT molecular complexity index is 324. The summed E-state index contributed by atoms with van der Waals surface area (Å²) in [5.74, 6) is -0.389. The Morgan fingerprint density at radius 1 is 1.40 bits per heavy atom. The molecule has 0 aromatic heterocycles. The maximum atomic E-state index is 11.6. The van der Waals surface area contributed by atoms with Gasteiger partial charge in [0.05, 0.1) is 0 Å². The monoisotopic (exact) mass is 227 g/mol. The van der Waals surface area contributed by atoms with Crippen LogP contribution in [0.2, 0.25) is 5.02 Å². The number of hydrogen-bond acceptors (Lipinski definition) is 2. The Morgan fingerprint density at radius 3 is 2.53 bits per heavy atom. The summed E-state index contributed by atoms with van der Waals surface area (Å²) in [6.07, 6.45) is 1.72. The quantitative estimate of drug-likeness (QED) is 0.635. The molecule has 0 radical (unpaired) electrons. The van der Waals surface area contributed by atoms with Gasteiger partial charge in [-0.1, -0.05) is 24.9 Å². The highest BCUT2D eigenvalue weighted by Gasteiger charge is 2.12. The van der Waals surface area contributed by atoms with Crippen molar-refractivity contribution in [2.45, 2.75) is 19.8 Å². The van der Waals surface area contributed by atoms with Crippen molar-refractivity contribution in [3.63, 3.8) is 0 Å². The zero-order valence-electron chi connectivity index (χ0n) is 8.61. The Labute approximate surface area is 94.2 Å². The van der Waals surface area contributed by atoms with Crippen LogP contribution in [0.4, 0.5) is 0 Å². The van der Waals surface area contributed by atoms with E-state index in [2.05, 4.69) is 0 Å². The lowest BCUT2D eigenvalue weighted by Gasteiger charge is -2.14. The molecule has 1 amide bonds. The fourth-order valence-electron chi connectivity index (χ4n) is 1.15. The Morgan fingerprint density at radius 2 is 2.00 bits per heavy atom. The van der Waals surface area contributed by atoms with E-state index < -0.39 is 0 Å². The lowest BCUT2D eigenvalue weighted by atomic mass is 10.2. The molecule has 0 unspecified atom stereocenters. The molecule has 1 aromatic carbocycles. The normalized spacial score (nSPS) is 10.1. The number of benzene rings is 1. The molecule has 0 bridgehead atoms. The molecular formula is C11H14ClNO2. The Kier molecular flexibility index (Phi) is 4.59. The van der Waals surface area contributed by atoms with E-state index in [1.807, 2.05) is 6.92 Å². The Balaban J connectivity index is 2.63. The molecule has 82 valence electrons. The van der Waals surface area contributed by atoms with Crippen LogP contribution in [0.1, 0.15) is 30.1 Å². The summed E-state index contributed by atoms with van der Waals surface area (Å²) in [7, 11) is 0. The van der Waals surface area contributed by atoms with Crippen molar-refractivity contribution in [2.24, 2.45) is 0 Å². The first-order valence-corrected chi connectivity index (χ1v) is 5.29. The molecule has 0 aliphatic heterocycles. The van der Waals surface area contributed by atoms with Crippen molar-refractivity contribution in [3.8, 4) is 0 Å². The average Bonchev–Trinajstić information content (AvgIpc) is 2.26. The highest BCUT2D eigenvalue weighted by molar-refractivity contribution is 6.30. The second kappa shape index (κ2) is 5.73. The summed E-state index contributed by atoms with van der Waals surface area (Å²) >= 11 is 5.69. The molecule has 3 nitrogen and oxygen atoms in total. The van der Waals surface area contributed by atoms with Crippen LogP contribution in [-0.2, 0) is 0 Å². The summed E-state index contributed by atoms with van der Waals surface area (Å²) in [5.41, 5.74) is 0.443.